The Kier molecular flexibility index (Phi) is 10.5. The van der Waals surface area contributed by atoms with Crippen LogP contribution < -0.4 is 15.4 Å². The summed E-state index contributed by atoms with van der Waals surface area (Å²) >= 11 is 0. The van der Waals surface area contributed by atoms with Crippen LogP contribution in [0.3, 0.4) is 0 Å². The zero-order valence-electron chi connectivity index (χ0n) is 21.8. The molecule has 0 aromatic heterocycles. The van der Waals surface area contributed by atoms with E-state index in [0.29, 0.717) is 37.5 Å². The average molecular weight is 502 g/mol. The molecule has 3 amide bonds. The number of benzene rings is 1. The monoisotopic (exact) mass is 501 g/mol. The lowest BCUT2D eigenvalue weighted by Crippen LogP contribution is -2.51. The van der Waals surface area contributed by atoms with Crippen LogP contribution in [-0.2, 0) is 14.3 Å². The summed E-state index contributed by atoms with van der Waals surface area (Å²) in [5.74, 6) is 0.0569. The SMILES string of the molecule is C=CCOCC1(C(=O)N[C@H](C)CNC(=O)c2cccc(OCC=C)c2)CCN(C(=O)OC(C)(C)C)C1. The summed E-state index contributed by atoms with van der Waals surface area (Å²) in [6, 6.07) is 6.49. The van der Waals surface area contributed by atoms with Gasteiger partial charge in [0.1, 0.15) is 18.0 Å². The van der Waals surface area contributed by atoms with Crippen LogP contribution in [-0.4, -0.2) is 73.9 Å². The van der Waals surface area contributed by atoms with Crippen LogP contribution >= 0.6 is 0 Å². The van der Waals surface area contributed by atoms with Gasteiger partial charge in [0.15, 0.2) is 0 Å². The fourth-order valence-electron chi connectivity index (χ4n) is 3.72. The molecule has 0 bridgehead atoms. The highest BCUT2D eigenvalue weighted by atomic mass is 16.6. The molecular formula is C27H39N3O6. The molecule has 0 radical (unpaired) electrons. The van der Waals surface area contributed by atoms with Gasteiger partial charge in [-0.05, 0) is 52.3 Å². The van der Waals surface area contributed by atoms with Crippen molar-refractivity contribution in [2.45, 2.75) is 45.8 Å². The quantitative estimate of drug-likeness (QED) is 0.336. The van der Waals surface area contributed by atoms with Gasteiger partial charge in [0.25, 0.3) is 5.91 Å². The third-order valence-corrected chi connectivity index (χ3v) is 5.51. The fourth-order valence-corrected chi connectivity index (χ4v) is 3.72. The molecule has 0 spiro atoms. The van der Waals surface area contributed by atoms with Crippen LogP contribution in [0, 0.1) is 5.41 Å². The van der Waals surface area contributed by atoms with E-state index in [1.54, 1.807) is 64.1 Å². The van der Waals surface area contributed by atoms with Crippen molar-refractivity contribution in [2.75, 3.05) is 39.5 Å². The zero-order valence-corrected chi connectivity index (χ0v) is 21.8. The number of likely N-dealkylation sites (tertiary alicyclic amines) is 1. The first-order chi connectivity index (χ1) is 17.0. The highest BCUT2D eigenvalue weighted by molar-refractivity contribution is 5.94. The van der Waals surface area contributed by atoms with Gasteiger partial charge >= 0.3 is 6.09 Å². The number of ether oxygens (including phenoxy) is 3. The molecule has 0 saturated carbocycles. The van der Waals surface area contributed by atoms with Crippen molar-refractivity contribution in [1.29, 1.82) is 0 Å². The number of nitrogens with one attached hydrogen (secondary N) is 2. The van der Waals surface area contributed by atoms with Gasteiger partial charge in [-0.25, -0.2) is 4.79 Å². The van der Waals surface area contributed by atoms with Gasteiger partial charge < -0.3 is 29.7 Å². The molecule has 1 saturated heterocycles. The van der Waals surface area contributed by atoms with Crippen LogP contribution in [0.15, 0.2) is 49.6 Å². The zero-order chi connectivity index (χ0) is 26.8. The number of hydrogen-bond donors (Lipinski definition) is 2. The highest BCUT2D eigenvalue weighted by Gasteiger charge is 2.47. The number of hydrogen-bond acceptors (Lipinski definition) is 6. The lowest BCUT2D eigenvalue weighted by molar-refractivity contribution is -0.134. The van der Waals surface area contributed by atoms with Crippen LogP contribution in [0.25, 0.3) is 0 Å². The minimum Gasteiger partial charge on any atom is -0.490 e. The smallest absolute Gasteiger partial charge is 0.410 e. The Hall–Kier alpha value is -3.33. The van der Waals surface area contributed by atoms with Gasteiger partial charge in [-0.3, -0.25) is 9.59 Å². The maximum Gasteiger partial charge on any atom is 0.410 e. The summed E-state index contributed by atoms with van der Waals surface area (Å²) in [5, 5.41) is 5.81. The Morgan fingerprint density at radius 1 is 1.19 bits per heavy atom. The van der Waals surface area contributed by atoms with E-state index in [-0.39, 0.29) is 37.6 Å². The summed E-state index contributed by atoms with van der Waals surface area (Å²) in [4.78, 5) is 40.1. The Balaban J connectivity index is 1.98. The third kappa shape index (κ3) is 8.71. The lowest BCUT2D eigenvalue weighted by Gasteiger charge is -2.30. The van der Waals surface area contributed by atoms with Gasteiger partial charge in [0.05, 0.1) is 18.6 Å². The Bertz CT molecular complexity index is 942. The molecule has 9 heteroatoms. The van der Waals surface area contributed by atoms with E-state index in [1.807, 2.05) is 0 Å². The lowest BCUT2D eigenvalue weighted by atomic mass is 9.86. The molecule has 2 atom stereocenters. The fraction of sp³-hybridized carbons (Fsp3) is 0.519. The predicted octanol–water partition coefficient (Wildman–Crippen LogP) is 3.32. The Labute approximate surface area is 213 Å². The number of nitrogens with zero attached hydrogens (tertiary/aromatic N) is 1. The molecule has 2 rings (SSSR count). The molecule has 1 aliphatic heterocycles. The molecule has 1 aliphatic rings. The summed E-state index contributed by atoms with van der Waals surface area (Å²) in [6.45, 7) is 16.0. The third-order valence-electron chi connectivity index (χ3n) is 5.51. The summed E-state index contributed by atoms with van der Waals surface area (Å²) in [7, 11) is 0. The van der Waals surface area contributed by atoms with Crippen molar-refractivity contribution >= 4 is 17.9 Å². The van der Waals surface area contributed by atoms with E-state index in [2.05, 4.69) is 23.8 Å². The second-order valence-corrected chi connectivity index (χ2v) is 9.95. The molecule has 1 heterocycles. The molecule has 1 unspecified atom stereocenters. The number of carbonyl (C=O) groups is 3. The van der Waals surface area contributed by atoms with Crippen molar-refractivity contribution in [1.82, 2.24) is 15.5 Å². The van der Waals surface area contributed by atoms with Crippen molar-refractivity contribution in [3.05, 3.63) is 55.1 Å². The Morgan fingerprint density at radius 3 is 2.58 bits per heavy atom. The number of amides is 3. The molecule has 36 heavy (non-hydrogen) atoms. The molecule has 1 aromatic carbocycles. The second-order valence-electron chi connectivity index (χ2n) is 9.95. The van der Waals surface area contributed by atoms with Gasteiger partial charge in [0, 0.05) is 31.2 Å². The molecule has 9 nitrogen and oxygen atoms in total. The van der Waals surface area contributed by atoms with E-state index in [4.69, 9.17) is 14.2 Å². The highest BCUT2D eigenvalue weighted by Crippen LogP contribution is 2.32. The minimum atomic E-state index is -0.922. The molecule has 1 fully saturated rings. The topological polar surface area (TPSA) is 106 Å². The van der Waals surface area contributed by atoms with E-state index in [9.17, 15) is 14.4 Å². The van der Waals surface area contributed by atoms with Crippen LogP contribution in [0.2, 0.25) is 0 Å². The van der Waals surface area contributed by atoms with Crippen molar-refractivity contribution in [2.24, 2.45) is 5.41 Å². The minimum absolute atomic E-state index is 0.140. The summed E-state index contributed by atoms with van der Waals surface area (Å²) < 4.78 is 16.6. The Morgan fingerprint density at radius 2 is 1.92 bits per heavy atom. The van der Waals surface area contributed by atoms with Crippen LogP contribution in [0.4, 0.5) is 4.79 Å². The normalized spacial score (nSPS) is 18.2. The number of rotatable bonds is 12. The average Bonchev–Trinajstić information content (AvgIpc) is 3.26. The predicted molar refractivity (Wildman–Crippen MR) is 138 cm³/mol. The summed E-state index contributed by atoms with van der Waals surface area (Å²) in [6.07, 6.45) is 3.22. The molecular weight excluding hydrogens is 462 g/mol. The first kappa shape index (κ1) is 28.9. The molecule has 0 aliphatic carbocycles. The van der Waals surface area contributed by atoms with Crippen LogP contribution in [0.1, 0.15) is 44.5 Å². The van der Waals surface area contributed by atoms with Gasteiger partial charge in [-0.2, -0.15) is 0 Å². The molecule has 198 valence electrons. The van der Waals surface area contributed by atoms with E-state index in [0.717, 1.165) is 0 Å². The first-order valence-corrected chi connectivity index (χ1v) is 12.1. The summed E-state index contributed by atoms with van der Waals surface area (Å²) in [5.41, 5.74) is -1.10. The second kappa shape index (κ2) is 13.1. The van der Waals surface area contributed by atoms with E-state index >= 15 is 0 Å². The maximum absolute atomic E-state index is 13.4. The maximum atomic E-state index is 13.4. The van der Waals surface area contributed by atoms with Crippen molar-refractivity contribution < 1.29 is 28.6 Å². The first-order valence-electron chi connectivity index (χ1n) is 12.1. The largest absolute Gasteiger partial charge is 0.490 e. The number of carbonyl (C=O) groups excluding carboxylic acids is 3. The van der Waals surface area contributed by atoms with Gasteiger partial charge in [-0.15, -0.1) is 6.58 Å². The van der Waals surface area contributed by atoms with Crippen molar-refractivity contribution in [3.63, 3.8) is 0 Å². The van der Waals surface area contributed by atoms with Gasteiger partial charge in [-0.1, -0.05) is 24.8 Å². The molecule has 1 aromatic rings. The van der Waals surface area contributed by atoms with Gasteiger partial charge in [0.2, 0.25) is 5.91 Å². The van der Waals surface area contributed by atoms with Crippen LogP contribution in [0.5, 0.6) is 5.75 Å². The standard InChI is InChI=1S/C27H39N3O6/c1-7-14-34-19-27(12-13-30(18-27)25(33)36-26(4,5)6)24(32)29-20(3)17-28-23(31)21-10-9-11-22(16-21)35-15-8-2/h7-11,16,20H,1-2,12-15,17-19H2,3-6H3,(H,28,31)(H,29,32)/t20-,27?/m1/s1. The molecule has 2 N–H and O–H groups in total. The van der Waals surface area contributed by atoms with Crippen molar-refractivity contribution in [3.8, 4) is 5.75 Å². The van der Waals surface area contributed by atoms with E-state index in [1.165, 1.54) is 4.90 Å². The van der Waals surface area contributed by atoms with E-state index < -0.39 is 17.1 Å².